The number of nitrogens with one attached hydrogen (secondary N) is 1. The number of ether oxygens (including phenoxy) is 2. The van der Waals surface area contributed by atoms with Crippen LogP contribution in [0.4, 0.5) is 0 Å². The average Bonchev–Trinajstić information content (AvgIpc) is 2.37. The van der Waals surface area contributed by atoms with E-state index in [-0.39, 0.29) is 6.10 Å². The maximum absolute atomic E-state index is 6.20. The third-order valence-electron chi connectivity index (χ3n) is 2.66. The Morgan fingerprint density at radius 3 is 2.83 bits per heavy atom. The Morgan fingerprint density at radius 2 is 2.17 bits per heavy atom. The summed E-state index contributed by atoms with van der Waals surface area (Å²) in [6, 6.07) is 5.84. The van der Waals surface area contributed by atoms with Gasteiger partial charge in [0.05, 0.1) is 11.1 Å². The molecule has 3 nitrogen and oxygen atoms in total. The molecule has 1 aromatic carbocycles. The summed E-state index contributed by atoms with van der Waals surface area (Å²) in [6.45, 7) is 6.48. The molecule has 0 amide bonds. The van der Waals surface area contributed by atoms with Gasteiger partial charge in [-0.05, 0) is 19.5 Å². The van der Waals surface area contributed by atoms with Gasteiger partial charge in [0.1, 0.15) is 5.75 Å². The number of methoxy groups -OCH3 is 1. The van der Waals surface area contributed by atoms with Crippen LogP contribution < -0.4 is 10.1 Å². The summed E-state index contributed by atoms with van der Waals surface area (Å²) in [5.41, 5.74) is 1.09. The zero-order valence-corrected chi connectivity index (χ0v) is 12.1. The van der Waals surface area contributed by atoms with Gasteiger partial charge >= 0.3 is 0 Å². The zero-order valence-electron chi connectivity index (χ0n) is 11.3. The number of hydrogen-bond acceptors (Lipinski definition) is 3. The van der Waals surface area contributed by atoms with Gasteiger partial charge in [-0.25, -0.2) is 0 Å². The van der Waals surface area contributed by atoms with Gasteiger partial charge in [0.25, 0.3) is 0 Å². The lowest BCUT2D eigenvalue weighted by Gasteiger charge is -2.18. The molecule has 18 heavy (non-hydrogen) atoms. The fraction of sp³-hybridized carbons (Fsp3) is 0.571. The van der Waals surface area contributed by atoms with E-state index in [2.05, 4.69) is 12.2 Å². The van der Waals surface area contributed by atoms with Crippen LogP contribution >= 0.6 is 11.6 Å². The predicted molar refractivity (Wildman–Crippen MR) is 75.4 cm³/mol. The Labute approximate surface area is 114 Å². The van der Waals surface area contributed by atoms with E-state index in [4.69, 9.17) is 21.1 Å². The minimum absolute atomic E-state index is 0.0882. The summed E-state index contributed by atoms with van der Waals surface area (Å²) in [7, 11) is 1.69. The van der Waals surface area contributed by atoms with Crippen LogP contribution in [0.25, 0.3) is 0 Å². The predicted octanol–water partition coefficient (Wildman–Crippen LogP) is 3.25. The second-order valence-electron chi connectivity index (χ2n) is 4.22. The number of rotatable bonds is 8. The summed E-state index contributed by atoms with van der Waals surface area (Å²) in [5.74, 6) is 0.781. The van der Waals surface area contributed by atoms with E-state index in [1.54, 1.807) is 7.11 Å². The van der Waals surface area contributed by atoms with Crippen LogP contribution in [0.1, 0.15) is 25.8 Å². The van der Waals surface area contributed by atoms with Crippen molar-refractivity contribution in [2.45, 2.75) is 32.9 Å². The van der Waals surface area contributed by atoms with E-state index in [1.165, 1.54) is 0 Å². The Hall–Kier alpha value is -0.770. The average molecular weight is 272 g/mol. The van der Waals surface area contributed by atoms with Gasteiger partial charge in [-0.3, -0.25) is 0 Å². The lowest BCUT2D eigenvalue weighted by molar-refractivity contribution is 0.134. The second-order valence-corrected chi connectivity index (χ2v) is 4.63. The van der Waals surface area contributed by atoms with Crippen LogP contribution in [-0.2, 0) is 11.3 Å². The molecule has 1 aromatic rings. The standard InChI is InChI=1S/C14H22ClNO2/c1-4-16-10-12-6-5-7-13(15)14(12)18-11(2)8-9-17-3/h5-7,11,16H,4,8-10H2,1-3H3. The number of benzene rings is 1. The normalized spacial score (nSPS) is 12.4. The van der Waals surface area contributed by atoms with Gasteiger partial charge in [-0.2, -0.15) is 0 Å². The third-order valence-corrected chi connectivity index (χ3v) is 2.96. The molecule has 0 fully saturated rings. The van der Waals surface area contributed by atoms with Gasteiger partial charge in [0, 0.05) is 32.2 Å². The maximum Gasteiger partial charge on any atom is 0.142 e. The Morgan fingerprint density at radius 1 is 1.39 bits per heavy atom. The lowest BCUT2D eigenvalue weighted by Crippen LogP contribution is -2.18. The maximum atomic E-state index is 6.20. The van der Waals surface area contributed by atoms with Crippen LogP contribution in [-0.4, -0.2) is 26.4 Å². The van der Waals surface area contributed by atoms with E-state index in [0.717, 1.165) is 30.8 Å². The Balaban J connectivity index is 2.72. The molecule has 0 aliphatic carbocycles. The first-order valence-electron chi connectivity index (χ1n) is 6.32. The molecule has 0 spiro atoms. The van der Waals surface area contributed by atoms with Gasteiger partial charge in [-0.15, -0.1) is 0 Å². The third kappa shape index (κ3) is 4.84. The molecule has 4 heteroatoms. The highest BCUT2D eigenvalue weighted by molar-refractivity contribution is 6.32. The topological polar surface area (TPSA) is 30.5 Å². The molecule has 0 saturated heterocycles. The quantitative estimate of drug-likeness (QED) is 0.787. The van der Waals surface area contributed by atoms with Crippen molar-refractivity contribution in [3.63, 3.8) is 0 Å². The molecule has 0 aromatic heterocycles. The van der Waals surface area contributed by atoms with Crippen LogP contribution in [0.15, 0.2) is 18.2 Å². The molecular formula is C14H22ClNO2. The minimum atomic E-state index is 0.0882. The monoisotopic (exact) mass is 271 g/mol. The van der Waals surface area contributed by atoms with Gasteiger partial charge in [0.15, 0.2) is 0 Å². The fourth-order valence-corrected chi connectivity index (χ4v) is 1.87. The summed E-state index contributed by atoms with van der Waals surface area (Å²) in [5, 5.41) is 3.95. The Bertz CT molecular complexity index is 358. The summed E-state index contributed by atoms with van der Waals surface area (Å²) in [6.07, 6.45) is 0.938. The summed E-state index contributed by atoms with van der Waals surface area (Å²) < 4.78 is 11.0. The van der Waals surface area contributed by atoms with E-state index >= 15 is 0 Å². The van der Waals surface area contributed by atoms with E-state index in [9.17, 15) is 0 Å². The first kappa shape index (κ1) is 15.3. The molecule has 1 atom stereocenters. The number of hydrogen-bond donors (Lipinski definition) is 1. The van der Waals surface area contributed by atoms with Gasteiger partial charge < -0.3 is 14.8 Å². The van der Waals surface area contributed by atoms with Gasteiger partial charge in [0.2, 0.25) is 0 Å². The van der Waals surface area contributed by atoms with Crippen LogP contribution in [0, 0.1) is 0 Å². The molecule has 102 valence electrons. The van der Waals surface area contributed by atoms with Crippen molar-refractivity contribution in [3.05, 3.63) is 28.8 Å². The van der Waals surface area contributed by atoms with Crippen molar-refractivity contribution in [1.82, 2.24) is 5.32 Å². The number of halogens is 1. The van der Waals surface area contributed by atoms with Crippen molar-refractivity contribution in [2.24, 2.45) is 0 Å². The highest BCUT2D eigenvalue weighted by Gasteiger charge is 2.11. The number of para-hydroxylation sites is 1. The molecule has 0 radical (unpaired) electrons. The van der Waals surface area contributed by atoms with Crippen LogP contribution in [0.3, 0.4) is 0 Å². The van der Waals surface area contributed by atoms with Crippen molar-refractivity contribution in [1.29, 1.82) is 0 Å². The molecular weight excluding hydrogens is 250 g/mol. The Kier molecular flexibility index (Phi) is 7.09. The first-order chi connectivity index (χ1) is 8.69. The molecule has 1 unspecified atom stereocenters. The van der Waals surface area contributed by atoms with Gasteiger partial charge in [-0.1, -0.05) is 30.7 Å². The highest BCUT2D eigenvalue weighted by atomic mass is 35.5. The lowest BCUT2D eigenvalue weighted by atomic mass is 10.2. The molecule has 1 N–H and O–H groups in total. The summed E-state index contributed by atoms with van der Waals surface area (Å²) in [4.78, 5) is 0. The highest BCUT2D eigenvalue weighted by Crippen LogP contribution is 2.29. The van der Waals surface area contributed by atoms with E-state index < -0.39 is 0 Å². The van der Waals surface area contributed by atoms with Crippen molar-refractivity contribution < 1.29 is 9.47 Å². The van der Waals surface area contributed by atoms with Crippen LogP contribution in [0.2, 0.25) is 5.02 Å². The summed E-state index contributed by atoms with van der Waals surface area (Å²) >= 11 is 6.20. The molecule has 0 bridgehead atoms. The van der Waals surface area contributed by atoms with Crippen molar-refractivity contribution >= 4 is 11.6 Å². The van der Waals surface area contributed by atoms with Crippen LogP contribution in [0.5, 0.6) is 5.75 Å². The fourth-order valence-electron chi connectivity index (χ4n) is 1.63. The zero-order chi connectivity index (χ0) is 13.4. The second kappa shape index (κ2) is 8.35. The molecule has 0 heterocycles. The minimum Gasteiger partial charge on any atom is -0.489 e. The smallest absolute Gasteiger partial charge is 0.142 e. The first-order valence-corrected chi connectivity index (χ1v) is 6.70. The van der Waals surface area contributed by atoms with Crippen molar-refractivity contribution in [2.75, 3.05) is 20.3 Å². The van der Waals surface area contributed by atoms with E-state index in [1.807, 2.05) is 25.1 Å². The SMILES string of the molecule is CCNCc1cccc(Cl)c1OC(C)CCOC. The molecule has 0 aliphatic heterocycles. The largest absolute Gasteiger partial charge is 0.489 e. The van der Waals surface area contributed by atoms with Crippen molar-refractivity contribution in [3.8, 4) is 5.75 Å². The molecule has 1 rings (SSSR count). The van der Waals surface area contributed by atoms with E-state index in [0.29, 0.717) is 11.6 Å². The molecule has 0 aliphatic rings. The molecule has 0 saturated carbocycles.